The molecule has 0 bridgehead atoms. The van der Waals surface area contributed by atoms with Gasteiger partial charge in [-0.25, -0.2) is 0 Å². The molecule has 0 spiro atoms. The van der Waals surface area contributed by atoms with Gasteiger partial charge in [-0.05, 0) is 77.0 Å². The third-order valence-electron chi connectivity index (χ3n) is 12.8. The van der Waals surface area contributed by atoms with Crippen LogP contribution in [0.5, 0.6) is 0 Å². The Bertz CT molecular complexity index is 981. The minimum Gasteiger partial charge on any atom is -0.462 e. The Morgan fingerprint density at radius 3 is 1.18 bits per heavy atom. The van der Waals surface area contributed by atoms with E-state index < -0.39 is 18.2 Å². The Morgan fingerprint density at radius 2 is 0.774 bits per heavy atom. The third-order valence-corrected chi connectivity index (χ3v) is 12.8. The number of allylic oxidation sites excluding steroid dienone is 4. The first-order valence-electron chi connectivity index (χ1n) is 27.6. The Hall–Kier alpha value is -1.66. The quantitative estimate of drug-likeness (QED) is 0.0321. The lowest BCUT2D eigenvalue weighted by Crippen LogP contribution is -2.46. The number of carbonyl (C=O) groups excluding carboxylic acids is 2. The number of aliphatic hydroxyl groups is 2. The molecule has 3 N–H and O–H groups in total. The van der Waals surface area contributed by atoms with E-state index in [2.05, 4.69) is 50.4 Å². The van der Waals surface area contributed by atoms with Gasteiger partial charge in [0.15, 0.2) is 0 Å². The van der Waals surface area contributed by atoms with E-state index in [1.54, 1.807) is 0 Å². The molecular weight excluding hydrogens is 767 g/mol. The summed E-state index contributed by atoms with van der Waals surface area (Å²) in [7, 11) is 0. The zero-order valence-corrected chi connectivity index (χ0v) is 41.8. The van der Waals surface area contributed by atoms with Crippen LogP contribution < -0.4 is 5.32 Å². The highest BCUT2D eigenvalue weighted by Crippen LogP contribution is 2.18. The van der Waals surface area contributed by atoms with E-state index in [-0.39, 0.29) is 24.9 Å². The van der Waals surface area contributed by atoms with Crippen molar-refractivity contribution < 1.29 is 24.5 Å². The smallest absolute Gasteiger partial charge is 0.306 e. The van der Waals surface area contributed by atoms with E-state index in [4.69, 9.17) is 4.74 Å². The average Bonchev–Trinajstić information content (AvgIpc) is 3.26. The molecule has 0 aromatic heterocycles. The van der Waals surface area contributed by atoms with Crippen LogP contribution in [-0.4, -0.2) is 46.9 Å². The molecular formula is C56H107NO5. The van der Waals surface area contributed by atoms with Crippen molar-refractivity contribution >= 4 is 11.9 Å². The van der Waals surface area contributed by atoms with Gasteiger partial charge in [0.2, 0.25) is 5.91 Å². The van der Waals surface area contributed by atoms with Crippen LogP contribution in [-0.2, 0) is 14.3 Å². The Labute approximate surface area is 386 Å². The van der Waals surface area contributed by atoms with E-state index in [9.17, 15) is 19.8 Å². The summed E-state index contributed by atoms with van der Waals surface area (Å²) in [5.41, 5.74) is 0. The first-order chi connectivity index (χ1) is 30.5. The molecule has 3 unspecified atom stereocenters. The van der Waals surface area contributed by atoms with Crippen LogP contribution in [0.2, 0.25) is 0 Å². The van der Waals surface area contributed by atoms with Gasteiger partial charge in [0, 0.05) is 6.42 Å². The van der Waals surface area contributed by atoms with Crippen LogP contribution in [0.4, 0.5) is 0 Å². The first kappa shape index (κ1) is 60.3. The topological polar surface area (TPSA) is 95.9 Å². The second-order valence-corrected chi connectivity index (χ2v) is 19.0. The molecule has 0 aliphatic carbocycles. The van der Waals surface area contributed by atoms with E-state index in [0.29, 0.717) is 19.3 Å². The minimum absolute atomic E-state index is 0.0697. The number of hydrogen-bond acceptors (Lipinski definition) is 5. The molecule has 1 amide bonds. The summed E-state index contributed by atoms with van der Waals surface area (Å²) in [6.07, 6.45) is 58.1. The van der Waals surface area contributed by atoms with Crippen molar-refractivity contribution in [2.75, 3.05) is 6.61 Å². The summed E-state index contributed by atoms with van der Waals surface area (Å²) in [6, 6.07) is -0.703. The number of nitrogens with one attached hydrogen (secondary N) is 1. The molecule has 0 saturated heterocycles. The van der Waals surface area contributed by atoms with Crippen molar-refractivity contribution in [3.63, 3.8) is 0 Å². The number of amides is 1. The number of aliphatic hydroxyl groups excluding tert-OH is 2. The number of rotatable bonds is 50. The maximum atomic E-state index is 13.2. The molecule has 0 fully saturated rings. The summed E-state index contributed by atoms with van der Waals surface area (Å²) in [5, 5.41) is 23.8. The Morgan fingerprint density at radius 1 is 0.452 bits per heavy atom. The van der Waals surface area contributed by atoms with Crippen molar-refractivity contribution in [1.82, 2.24) is 5.32 Å². The number of unbranched alkanes of at least 4 members (excludes halogenated alkanes) is 34. The van der Waals surface area contributed by atoms with Gasteiger partial charge in [-0.2, -0.15) is 0 Å². The zero-order valence-electron chi connectivity index (χ0n) is 41.8. The zero-order chi connectivity index (χ0) is 45.2. The molecule has 0 saturated carbocycles. The van der Waals surface area contributed by atoms with Crippen molar-refractivity contribution in [3.8, 4) is 0 Å². The van der Waals surface area contributed by atoms with Gasteiger partial charge in [-0.1, -0.05) is 231 Å². The highest BCUT2D eigenvalue weighted by Gasteiger charge is 2.24. The molecule has 6 heteroatoms. The predicted molar refractivity (Wildman–Crippen MR) is 269 cm³/mol. The maximum absolute atomic E-state index is 13.2. The molecule has 6 nitrogen and oxygen atoms in total. The molecule has 0 aliphatic rings. The largest absolute Gasteiger partial charge is 0.462 e. The molecule has 62 heavy (non-hydrogen) atoms. The van der Waals surface area contributed by atoms with Crippen molar-refractivity contribution in [2.24, 2.45) is 0 Å². The number of esters is 1. The Balaban J connectivity index is 4.58. The molecule has 366 valence electrons. The number of hydrogen-bond donors (Lipinski definition) is 3. The summed E-state index contributed by atoms with van der Waals surface area (Å²) >= 11 is 0. The lowest BCUT2D eigenvalue weighted by molar-refractivity contribution is -0.151. The van der Waals surface area contributed by atoms with Crippen molar-refractivity contribution in [1.29, 1.82) is 0 Å². The number of ether oxygens (including phenoxy) is 1. The highest BCUT2D eigenvalue weighted by atomic mass is 16.5. The predicted octanol–water partition coefficient (Wildman–Crippen LogP) is 16.7. The number of carbonyl (C=O) groups is 2. The lowest BCUT2D eigenvalue weighted by Gasteiger charge is -2.24. The van der Waals surface area contributed by atoms with Gasteiger partial charge in [-0.3, -0.25) is 9.59 Å². The molecule has 0 aromatic rings. The SMILES string of the molecule is CCCCCC/C=C\CCCCCCCCCC(=O)OC(CCCCC/C=C/CCCCCCCCCCC)CC(=O)NC(CO)C(O)CCCCCCCCCCCCCC. The Kier molecular flexibility index (Phi) is 49.0. The van der Waals surface area contributed by atoms with Crippen LogP contribution >= 0.6 is 0 Å². The minimum atomic E-state index is -0.789. The van der Waals surface area contributed by atoms with E-state index >= 15 is 0 Å². The van der Waals surface area contributed by atoms with Crippen LogP contribution in [0.25, 0.3) is 0 Å². The molecule has 0 radical (unpaired) electrons. The molecule has 0 rings (SSSR count). The summed E-state index contributed by atoms with van der Waals surface area (Å²) in [5.74, 6) is -0.480. The molecule has 0 aliphatic heterocycles. The van der Waals surface area contributed by atoms with Crippen LogP contribution in [0.3, 0.4) is 0 Å². The summed E-state index contributed by atoms with van der Waals surface area (Å²) < 4.78 is 5.94. The third kappa shape index (κ3) is 44.9. The molecule has 0 aromatic carbocycles. The van der Waals surface area contributed by atoms with Gasteiger partial charge in [0.25, 0.3) is 0 Å². The van der Waals surface area contributed by atoms with Crippen LogP contribution in [0, 0.1) is 0 Å². The van der Waals surface area contributed by atoms with Crippen LogP contribution in [0.15, 0.2) is 24.3 Å². The summed E-state index contributed by atoms with van der Waals surface area (Å²) in [6.45, 7) is 6.49. The monoisotopic (exact) mass is 874 g/mol. The van der Waals surface area contributed by atoms with Gasteiger partial charge >= 0.3 is 5.97 Å². The van der Waals surface area contributed by atoms with Gasteiger partial charge < -0.3 is 20.3 Å². The second-order valence-electron chi connectivity index (χ2n) is 19.0. The fourth-order valence-electron chi connectivity index (χ4n) is 8.54. The molecule has 3 atom stereocenters. The fourth-order valence-corrected chi connectivity index (χ4v) is 8.54. The maximum Gasteiger partial charge on any atom is 0.306 e. The van der Waals surface area contributed by atoms with Crippen molar-refractivity contribution in [2.45, 2.75) is 315 Å². The standard InChI is InChI=1S/C56H107NO5/c1-4-7-10-13-16-19-22-25-27-29-30-32-35-38-41-44-47-52(62-56(61)49-46-43-40-37-34-31-28-26-23-20-17-14-11-8-5-2)50-55(60)57-53(51-58)54(59)48-45-42-39-36-33-24-21-18-15-12-9-6-3/h20,23,30,32,52-54,58-59H,4-19,21-22,24-29,31,33-51H2,1-3H3,(H,57,60)/b23-20-,32-30+. The normalized spacial score (nSPS) is 13.3. The second kappa shape index (κ2) is 50.3. The fraction of sp³-hybridized carbons (Fsp3) is 0.893. The van der Waals surface area contributed by atoms with Crippen LogP contribution in [0.1, 0.15) is 297 Å². The van der Waals surface area contributed by atoms with Gasteiger partial charge in [0.05, 0.1) is 25.2 Å². The lowest BCUT2D eigenvalue weighted by atomic mass is 10.0. The van der Waals surface area contributed by atoms with E-state index in [1.807, 2.05) is 0 Å². The molecule has 0 heterocycles. The van der Waals surface area contributed by atoms with E-state index in [0.717, 1.165) is 57.8 Å². The van der Waals surface area contributed by atoms with Gasteiger partial charge in [-0.15, -0.1) is 0 Å². The first-order valence-corrected chi connectivity index (χ1v) is 27.6. The van der Waals surface area contributed by atoms with Gasteiger partial charge in [0.1, 0.15) is 6.10 Å². The highest BCUT2D eigenvalue weighted by molar-refractivity contribution is 5.77. The average molecular weight is 874 g/mol. The summed E-state index contributed by atoms with van der Waals surface area (Å²) in [4.78, 5) is 26.2. The van der Waals surface area contributed by atoms with E-state index in [1.165, 1.54) is 193 Å². The van der Waals surface area contributed by atoms with Crippen molar-refractivity contribution in [3.05, 3.63) is 24.3 Å².